The molecule has 0 radical (unpaired) electrons. The van der Waals surface area contributed by atoms with Gasteiger partial charge in [0.25, 0.3) is 0 Å². The zero-order chi connectivity index (χ0) is 9.80. The summed E-state index contributed by atoms with van der Waals surface area (Å²) >= 11 is 0. The summed E-state index contributed by atoms with van der Waals surface area (Å²) in [5.41, 5.74) is 1.39. The van der Waals surface area contributed by atoms with Crippen molar-refractivity contribution in [2.75, 3.05) is 19.7 Å². The van der Waals surface area contributed by atoms with Gasteiger partial charge in [0.15, 0.2) is 0 Å². The molecule has 0 saturated carbocycles. The lowest BCUT2D eigenvalue weighted by atomic mass is 10.2. The van der Waals surface area contributed by atoms with Gasteiger partial charge < -0.3 is 4.74 Å². The van der Waals surface area contributed by atoms with Gasteiger partial charge in [-0.3, -0.25) is 4.90 Å². The van der Waals surface area contributed by atoms with Crippen LogP contribution in [0.1, 0.15) is 12.5 Å². The van der Waals surface area contributed by atoms with Crippen molar-refractivity contribution in [3.8, 4) is 0 Å². The lowest BCUT2D eigenvalue weighted by Crippen LogP contribution is -2.40. The molecule has 14 heavy (non-hydrogen) atoms. The summed E-state index contributed by atoms with van der Waals surface area (Å²) in [6.45, 7) is 6.16. The number of nitrogens with zero attached hydrogens (tertiary/aromatic N) is 1. The number of morpholine rings is 1. The van der Waals surface area contributed by atoms with Crippen molar-refractivity contribution >= 4 is 0 Å². The molecule has 0 aromatic heterocycles. The van der Waals surface area contributed by atoms with E-state index in [2.05, 4.69) is 42.2 Å². The molecule has 0 N–H and O–H groups in total. The van der Waals surface area contributed by atoms with Crippen LogP contribution in [-0.2, 0) is 11.3 Å². The van der Waals surface area contributed by atoms with E-state index in [0.29, 0.717) is 6.10 Å². The summed E-state index contributed by atoms with van der Waals surface area (Å²) in [6.07, 6.45) is 0.382. The number of hydrogen-bond acceptors (Lipinski definition) is 2. The predicted molar refractivity (Wildman–Crippen MR) is 57.1 cm³/mol. The summed E-state index contributed by atoms with van der Waals surface area (Å²) < 4.78 is 5.50. The molecule has 1 aliphatic heterocycles. The maximum absolute atomic E-state index is 5.50. The van der Waals surface area contributed by atoms with Gasteiger partial charge in [0, 0.05) is 19.6 Å². The maximum Gasteiger partial charge on any atom is 0.0674 e. The third-order valence-corrected chi connectivity index (χ3v) is 2.57. The van der Waals surface area contributed by atoms with Gasteiger partial charge in [-0.1, -0.05) is 30.3 Å². The first-order valence-electron chi connectivity index (χ1n) is 5.22. The average molecular weight is 191 g/mol. The zero-order valence-corrected chi connectivity index (χ0v) is 8.65. The Morgan fingerprint density at radius 2 is 2.14 bits per heavy atom. The van der Waals surface area contributed by atoms with Crippen LogP contribution in [0.3, 0.4) is 0 Å². The largest absolute Gasteiger partial charge is 0.376 e. The third-order valence-electron chi connectivity index (χ3n) is 2.57. The highest BCUT2D eigenvalue weighted by Crippen LogP contribution is 2.09. The minimum atomic E-state index is 0.382. The quantitative estimate of drug-likeness (QED) is 0.708. The van der Waals surface area contributed by atoms with Crippen LogP contribution in [0.5, 0.6) is 0 Å². The smallest absolute Gasteiger partial charge is 0.0674 e. The second-order valence-corrected chi connectivity index (χ2v) is 3.90. The van der Waals surface area contributed by atoms with Crippen LogP contribution in [0.2, 0.25) is 0 Å². The van der Waals surface area contributed by atoms with Crippen LogP contribution in [-0.4, -0.2) is 30.7 Å². The summed E-state index contributed by atoms with van der Waals surface area (Å²) in [5.74, 6) is 0. The monoisotopic (exact) mass is 191 g/mol. The lowest BCUT2D eigenvalue weighted by Gasteiger charge is -2.31. The van der Waals surface area contributed by atoms with E-state index in [0.717, 1.165) is 26.2 Å². The van der Waals surface area contributed by atoms with Gasteiger partial charge in [0.05, 0.1) is 12.7 Å². The van der Waals surface area contributed by atoms with Gasteiger partial charge in [-0.25, -0.2) is 0 Å². The lowest BCUT2D eigenvalue weighted by molar-refractivity contribution is -0.0212. The van der Waals surface area contributed by atoms with Crippen molar-refractivity contribution in [2.45, 2.75) is 19.6 Å². The van der Waals surface area contributed by atoms with Crippen molar-refractivity contribution < 1.29 is 4.74 Å². The highest BCUT2D eigenvalue weighted by atomic mass is 16.5. The van der Waals surface area contributed by atoms with E-state index in [1.165, 1.54) is 5.56 Å². The number of ether oxygens (including phenoxy) is 1. The van der Waals surface area contributed by atoms with Crippen molar-refractivity contribution in [3.05, 3.63) is 35.9 Å². The molecule has 0 bridgehead atoms. The SMILES string of the molecule is C[C@@H]1CN(Cc2ccccc2)CCO1. The predicted octanol–water partition coefficient (Wildman–Crippen LogP) is 1.91. The van der Waals surface area contributed by atoms with Crippen LogP contribution in [0.15, 0.2) is 30.3 Å². The minimum Gasteiger partial charge on any atom is -0.376 e. The molecule has 2 rings (SSSR count). The van der Waals surface area contributed by atoms with Crippen LogP contribution < -0.4 is 0 Å². The Balaban J connectivity index is 1.91. The van der Waals surface area contributed by atoms with E-state index < -0.39 is 0 Å². The average Bonchev–Trinajstić information content (AvgIpc) is 2.19. The Hall–Kier alpha value is -0.860. The Kier molecular flexibility index (Phi) is 3.17. The minimum absolute atomic E-state index is 0.382. The molecule has 0 unspecified atom stereocenters. The molecule has 0 spiro atoms. The third kappa shape index (κ3) is 2.56. The van der Waals surface area contributed by atoms with E-state index in [1.807, 2.05) is 0 Å². The zero-order valence-electron chi connectivity index (χ0n) is 8.65. The molecule has 76 valence electrons. The molecule has 1 fully saturated rings. The summed E-state index contributed by atoms with van der Waals surface area (Å²) in [6, 6.07) is 10.6. The molecule has 1 aromatic rings. The molecule has 1 saturated heterocycles. The molecule has 0 amide bonds. The first-order valence-corrected chi connectivity index (χ1v) is 5.22. The van der Waals surface area contributed by atoms with E-state index >= 15 is 0 Å². The van der Waals surface area contributed by atoms with E-state index in [9.17, 15) is 0 Å². The van der Waals surface area contributed by atoms with Crippen molar-refractivity contribution in [2.24, 2.45) is 0 Å². The Labute approximate surface area is 85.5 Å². The van der Waals surface area contributed by atoms with Gasteiger partial charge in [0.1, 0.15) is 0 Å². The fourth-order valence-corrected chi connectivity index (χ4v) is 1.88. The summed E-state index contributed by atoms with van der Waals surface area (Å²) in [5, 5.41) is 0. The molecule has 1 aliphatic rings. The van der Waals surface area contributed by atoms with Gasteiger partial charge in [-0.15, -0.1) is 0 Å². The fourth-order valence-electron chi connectivity index (χ4n) is 1.88. The van der Waals surface area contributed by atoms with E-state index in [-0.39, 0.29) is 0 Å². The van der Waals surface area contributed by atoms with Crippen LogP contribution in [0.25, 0.3) is 0 Å². The topological polar surface area (TPSA) is 12.5 Å². The van der Waals surface area contributed by atoms with E-state index in [4.69, 9.17) is 4.74 Å². The van der Waals surface area contributed by atoms with Crippen molar-refractivity contribution in [1.29, 1.82) is 0 Å². The molecule has 1 aromatic carbocycles. The maximum atomic E-state index is 5.50. The molecule has 0 aliphatic carbocycles. The van der Waals surface area contributed by atoms with Crippen LogP contribution in [0, 0.1) is 0 Å². The van der Waals surface area contributed by atoms with Crippen LogP contribution in [0.4, 0.5) is 0 Å². The van der Waals surface area contributed by atoms with Crippen molar-refractivity contribution in [3.63, 3.8) is 0 Å². The Morgan fingerprint density at radius 3 is 2.86 bits per heavy atom. The first kappa shape index (κ1) is 9.69. The van der Waals surface area contributed by atoms with E-state index in [1.54, 1.807) is 0 Å². The number of benzene rings is 1. The molecule has 2 nitrogen and oxygen atoms in total. The van der Waals surface area contributed by atoms with Crippen LogP contribution >= 0.6 is 0 Å². The molecular formula is C12H17NO. The molecular weight excluding hydrogens is 174 g/mol. The van der Waals surface area contributed by atoms with Gasteiger partial charge >= 0.3 is 0 Å². The van der Waals surface area contributed by atoms with Gasteiger partial charge in [-0.2, -0.15) is 0 Å². The summed E-state index contributed by atoms with van der Waals surface area (Å²) in [4.78, 5) is 2.45. The highest BCUT2D eigenvalue weighted by Gasteiger charge is 2.16. The second-order valence-electron chi connectivity index (χ2n) is 3.90. The second kappa shape index (κ2) is 4.58. The Bertz CT molecular complexity index is 273. The molecule has 1 heterocycles. The summed E-state index contributed by atoms with van der Waals surface area (Å²) in [7, 11) is 0. The standard InChI is InChI=1S/C12H17NO/c1-11-9-13(7-8-14-11)10-12-5-3-2-4-6-12/h2-6,11H,7-10H2,1H3/t11-/m1/s1. The van der Waals surface area contributed by atoms with Gasteiger partial charge in [0.2, 0.25) is 0 Å². The van der Waals surface area contributed by atoms with Crippen molar-refractivity contribution in [1.82, 2.24) is 4.90 Å². The Morgan fingerprint density at radius 1 is 1.36 bits per heavy atom. The normalized spacial score (nSPS) is 23.6. The molecule has 1 atom stereocenters. The number of rotatable bonds is 2. The number of hydrogen-bond donors (Lipinski definition) is 0. The van der Waals surface area contributed by atoms with Gasteiger partial charge in [-0.05, 0) is 12.5 Å². The molecule has 2 heteroatoms. The highest BCUT2D eigenvalue weighted by molar-refractivity contribution is 5.14. The fraction of sp³-hybridized carbons (Fsp3) is 0.500. The first-order chi connectivity index (χ1) is 6.84.